The number of pyridine rings is 1. The molecule has 2 aromatic rings. The first-order valence-corrected chi connectivity index (χ1v) is 8.50. The highest BCUT2D eigenvalue weighted by atomic mass is 19.4. The molecule has 0 N–H and O–H groups in total. The minimum atomic E-state index is -4.36. The van der Waals surface area contributed by atoms with Crippen molar-refractivity contribution in [2.45, 2.75) is 32.4 Å². The molecule has 3 rings (SSSR count). The highest BCUT2D eigenvalue weighted by Gasteiger charge is 2.31. The Kier molecular flexibility index (Phi) is 4.77. The third-order valence-corrected chi connectivity index (χ3v) is 4.42. The van der Waals surface area contributed by atoms with Crippen molar-refractivity contribution in [2.24, 2.45) is 0 Å². The lowest BCUT2D eigenvalue weighted by Crippen LogP contribution is -2.47. The summed E-state index contributed by atoms with van der Waals surface area (Å²) < 4.78 is 37.9. The van der Waals surface area contributed by atoms with Gasteiger partial charge in [-0.2, -0.15) is 13.2 Å². The van der Waals surface area contributed by atoms with Crippen molar-refractivity contribution in [2.75, 3.05) is 36.0 Å². The van der Waals surface area contributed by atoms with Crippen LogP contribution in [0.4, 0.5) is 24.8 Å². The summed E-state index contributed by atoms with van der Waals surface area (Å²) in [6.45, 7) is 9.11. The number of hydrogen-bond acceptors (Lipinski definition) is 5. The summed E-state index contributed by atoms with van der Waals surface area (Å²) in [6.07, 6.45) is -1.89. The zero-order valence-electron chi connectivity index (χ0n) is 15.1. The Hall–Kier alpha value is -2.38. The van der Waals surface area contributed by atoms with Gasteiger partial charge >= 0.3 is 6.18 Å². The highest BCUT2D eigenvalue weighted by molar-refractivity contribution is 5.46. The minimum Gasteiger partial charge on any atom is -0.353 e. The number of halogens is 3. The topological polar surface area (TPSA) is 45.2 Å². The Balaban J connectivity index is 1.66. The Labute approximate surface area is 150 Å². The standard InChI is InChI=1S/C18H22F3N5/c1-17(2,3)14-10-16(24-12-23-14)26-8-6-25(7-9-26)15-5-4-13(11-22-15)18(19,20)21/h4-5,10-12H,6-9H2,1-3H3. The molecule has 0 unspecified atom stereocenters. The summed E-state index contributed by atoms with van der Waals surface area (Å²) in [5.74, 6) is 1.45. The summed E-state index contributed by atoms with van der Waals surface area (Å²) >= 11 is 0. The first-order chi connectivity index (χ1) is 12.1. The molecule has 3 heterocycles. The van der Waals surface area contributed by atoms with Crippen molar-refractivity contribution in [1.82, 2.24) is 15.0 Å². The Bertz CT molecular complexity index is 745. The van der Waals surface area contributed by atoms with Crippen molar-refractivity contribution in [3.8, 4) is 0 Å². The Morgan fingerprint density at radius 3 is 1.96 bits per heavy atom. The second-order valence-corrected chi connectivity index (χ2v) is 7.39. The van der Waals surface area contributed by atoms with E-state index in [1.807, 2.05) is 11.0 Å². The predicted molar refractivity (Wildman–Crippen MR) is 94.4 cm³/mol. The predicted octanol–water partition coefficient (Wildman–Crippen LogP) is 3.51. The molecule has 1 saturated heterocycles. The average molecular weight is 365 g/mol. The molecule has 1 fully saturated rings. The van der Waals surface area contributed by atoms with E-state index in [1.165, 1.54) is 6.07 Å². The molecule has 0 atom stereocenters. The molecule has 0 bridgehead atoms. The second kappa shape index (κ2) is 6.74. The lowest BCUT2D eigenvalue weighted by Gasteiger charge is -2.36. The van der Waals surface area contributed by atoms with Crippen molar-refractivity contribution < 1.29 is 13.2 Å². The van der Waals surface area contributed by atoms with E-state index in [1.54, 1.807) is 6.33 Å². The SMILES string of the molecule is CC(C)(C)c1cc(N2CCN(c3ccc(C(F)(F)F)cn3)CC2)ncn1. The van der Waals surface area contributed by atoms with Gasteiger partial charge in [-0.3, -0.25) is 0 Å². The van der Waals surface area contributed by atoms with Gasteiger partial charge in [0.25, 0.3) is 0 Å². The molecule has 26 heavy (non-hydrogen) atoms. The number of nitrogens with zero attached hydrogens (tertiary/aromatic N) is 5. The van der Waals surface area contributed by atoms with E-state index in [-0.39, 0.29) is 5.41 Å². The average Bonchev–Trinajstić information content (AvgIpc) is 2.61. The lowest BCUT2D eigenvalue weighted by molar-refractivity contribution is -0.137. The fourth-order valence-electron chi connectivity index (χ4n) is 2.84. The molecule has 5 nitrogen and oxygen atoms in total. The quantitative estimate of drug-likeness (QED) is 0.815. The number of aromatic nitrogens is 3. The van der Waals surface area contributed by atoms with Crippen LogP contribution in [-0.4, -0.2) is 41.1 Å². The van der Waals surface area contributed by atoms with E-state index >= 15 is 0 Å². The van der Waals surface area contributed by atoms with Gasteiger partial charge in [-0.05, 0) is 12.1 Å². The molecule has 2 aromatic heterocycles. The normalized spacial score (nSPS) is 16.1. The second-order valence-electron chi connectivity index (χ2n) is 7.39. The van der Waals surface area contributed by atoms with Crippen LogP contribution in [0.1, 0.15) is 32.0 Å². The molecule has 0 aromatic carbocycles. The fraction of sp³-hybridized carbons (Fsp3) is 0.500. The minimum absolute atomic E-state index is 0.0519. The van der Waals surface area contributed by atoms with E-state index < -0.39 is 11.7 Å². The van der Waals surface area contributed by atoms with Gasteiger partial charge in [-0.1, -0.05) is 20.8 Å². The first-order valence-electron chi connectivity index (χ1n) is 8.50. The Morgan fingerprint density at radius 1 is 0.846 bits per heavy atom. The molecule has 8 heteroatoms. The molecular formula is C18H22F3N5. The maximum atomic E-state index is 12.6. The summed E-state index contributed by atoms with van der Waals surface area (Å²) in [4.78, 5) is 16.8. The first kappa shape index (κ1) is 18.4. The molecule has 0 amide bonds. The molecule has 0 saturated carbocycles. The maximum absolute atomic E-state index is 12.6. The van der Waals surface area contributed by atoms with Gasteiger partial charge in [-0.25, -0.2) is 15.0 Å². The summed E-state index contributed by atoms with van der Waals surface area (Å²) in [6, 6.07) is 4.52. The van der Waals surface area contributed by atoms with Crippen molar-refractivity contribution in [3.63, 3.8) is 0 Å². The summed E-state index contributed by atoms with van der Waals surface area (Å²) in [5.41, 5.74) is 0.203. The largest absolute Gasteiger partial charge is 0.417 e. The number of alkyl halides is 3. The fourth-order valence-corrected chi connectivity index (χ4v) is 2.84. The number of piperazine rings is 1. The van der Waals surface area contributed by atoms with Gasteiger partial charge in [-0.15, -0.1) is 0 Å². The smallest absolute Gasteiger partial charge is 0.353 e. The number of rotatable bonds is 2. The third kappa shape index (κ3) is 4.05. The van der Waals surface area contributed by atoms with E-state index in [4.69, 9.17) is 0 Å². The van der Waals surface area contributed by atoms with Crippen LogP contribution in [0.2, 0.25) is 0 Å². The third-order valence-electron chi connectivity index (χ3n) is 4.42. The van der Waals surface area contributed by atoms with Gasteiger partial charge < -0.3 is 9.80 Å². The zero-order valence-corrected chi connectivity index (χ0v) is 15.1. The summed E-state index contributed by atoms with van der Waals surface area (Å²) in [5, 5.41) is 0. The van der Waals surface area contributed by atoms with Gasteiger partial charge in [0.15, 0.2) is 0 Å². The van der Waals surface area contributed by atoms with Crippen LogP contribution in [0, 0.1) is 0 Å². The molecule has 1 aliphatic rings. The summed E-state index contributed by atoms with van der Waals surface area (Å²) in [7, 11) is 0. The maximum Gasteiger partial charge on any atom is 0.417 e. The van der Waals surface area contributed by atoms with E-state index in [0.717, 1.165) is 36.9 Å². The molecule has 0 radical (unpaired) electrons. The van der Waals surface area contributed by atoms with Gasteiger partial charge in [0, 0.05) is 43.9 Å². The van der Waals surface area contributed by atoms with Crippen molar-refractivity contribution in [3.05, 3.63) is 42.0 Å². The van der Waals surface area contributed by atoms with E-state index in [9.17, 15) is 13.2 Å². The van der Waals surface area contributed by atoms with Crippen LogP contribution >= 0.6 is 0 Å². The van der Waals surface area contributed by atoms with Crippen LogP contribution in [-0.2, 0) is 11.6 Å². The van der Waals surface area contributed by atoms with Crippen molar-refractivity contribution in [1.29, 1.82) is 0 Å². The van der Waals surface area contributed by atoms with Crippen LogP contribution in [0.3, 0.4) is 0 Å². The lowest BCUT2D eigenvalue weighted by atomic mass is 9.92. The highest BCUT2D eigenvalue weighted by Crippen LogP contribution is 2.29. The van der Waals surface area contributed by atoms with E-state index in [2.05, 4.69) is 40.6 Å². The van der Waals surface area contributed by atoms with Crippen LogP contribution in [0.5, 0.6) is 0 Å². The molecule has 0 aliphatic carbocycles. The van der Waals surface area contributed by atoms with E-state index in [0.29, 0.717) is 18.9 Å². The number of hydrogen-bond donors (Lipinski definition) is 0. The molecule has 0 spiro atoms. The van der Waals surface area contributed by atoms with Crippen molar-refractivity contribution >= 4 is 11.6 Å². The Morgan fingerprint density at radius 2 is 1.46 bits per heavy atom. The molecule has 140 valence electrons. The van der Waals surface area contributed by atoms with Gasteiger partial charge in [0.05, 0.1) is 11.3 Å². The molecule has 1 aliphatic heterocycles. The monoisotopic (exact) mass is 365 g/mol. The van der Waals surface area contributed by atoms with Crippen LogP contribution in [0.15, 0.2) is 30.7 Å². The van der Waals surface area contributed by atoms with Crippen LogP contribution in [0.25, 0.3) is 0 Å². The van der Waals surface area contributed by atoms with Crippen LogP contribution < -0.4 is 9.80 Å². The molecular weight excluding hydrogens is 343 g/mol. The number of anilines is 2. The zero-order chi connectivity index (χ0) is 18.9. The van der Waals surface area contributed by atoms with Gasteiger partial charge in [0.2, 0.25) is 0 Å². The van der Waals surface area contributed by atoms with Gasteiger partial charge in [0.1, 0.15) is 18.0 Å².